The molecule has 0 saturated carbocycles. The Labute approximate surface area is 121 Å². The van der Waals surface area contributed by atoms with Crippen molar-refractivity contribution in [1.29, 1.82) is 0 Å². The van der Waals surface area contributed by atoms with Crippen molar-refractivity contribution < 1.29 is 24.5 Å². The van der Waals surface area contributed by atoms with Crippen LogP contribution in [0.25, 0.3) is 0 Å². The number of rotatable bonds is 2. The molecule has 1 heterocycles. The minimum atomic E-state index is -2.62. The minimum Gasteiger partial charge on any atom is -0.497 e. The van der Waals surface area contributed by atoms with Crippen LogP contribution in [-0.4, -0.2) is 28.9 Å². The molecule has 0 aromatic heterocycles. The predicted octanol–water partition coefficient (Wildman–Crippen LogP) is 1.69. The topological polar surface area (TPSA) is 76.0 Å². The van der Waals surface area contributed by atoms with E-state index >= 15 is 0 Å². The molecule has 3 rings (SSSR count). The van der Waals surface area contributed by atoms with Gasteiger partial charge < -0.3 is 19.7 Å². The van der Waals surface area contributed by atoms with Gasteiger partial charge in [0.15, 0.2) is 6.10 Å². The molecule has 0 aliphatic carbocycles. The van der Waals surface area contributed by atoms with Gasteiger partial charge in [0.25, 0.3) is 5.79 Å². The zero-order valence-electron chi connectivity index (χ0n) is 11.3. The molecule has 0 saturated heterocycles. The van der Waals surface area contributed by atoms with Gasteiger partial charge in [-0.15, -0.1) is 0 Å². The molecule has 1 aliphatic rings. The van der Waals surface area contributed by atoms with Gasteiger partial charge in [0, 0.05) is 5.56 Å². The summed E-state index contributed by atoms with van der Waals surface area (Å²) in [7, 11) is 1.51. The first-order valence-electron chi connectivity index (χ1n) is 6.43. The summed E-state index contributed by atoms with van der Waals surface area (Å²) in [5, 5.41) is 20.4. The van der Waals surface area contributed by atoms with E-state index in [4.69, 9.17) is 9.47 Å². The number of carbonyl (C=O) groups excluding carboxylic acids is 1. The fourth-order valence-electron chi connectivity index (χ4n) is 2.39. The number of ketones is 1. The first-order chi connectivity index (χ1) is 10.0. The van der Waals surface area contributed by atoms with Crippen LogP contribution in [0.2, 0.25) is 0 Å². The molecule has 5 nitrogen and oxygen atoms in total. The molecule has 0 fully saturated rings. The lowest BCUT2D eigenvalue weighted by Crippen LogP contribution is -2.49. The molecule has 0 amide bonds. The highest BCUT2D eigenvalue weighted by Gasteiger charge is 2.50. The number of benzene rings is 2. The van der Waals surface area contributed by atoms with E-state index in [2.05, 4.69) is 0 Å². The standard InChI is InChI=1S/C16H14O5/c1-20-11-6-4-5-10(9-11)15-16(18,19)14(17)12-7-2-3-8-13(12)21-15/h2-9,15,18-19H,1H3. The summed E-state index contributed by atoms with van der Waals surface area (Å²) in [5.41, 5.74) is 0.601. The fraction of sp³-hybridized carbons (Fsp3) is 0.188. The second kappa shape index (κ2) is 4.87. The molecule has 1 atom stereocenters. The SMILES string of the molecule is COc1cccc(C2Oc3ccccc3C(=O)C2(O)O)c1. The van der Waals surface area contributed by atoms with Crippen LogP contribution in [0.4, 0.5) is 0 Å². The number of fused-ring (bicyclic) bond motifs is 1. The van der Waals surface area contributed by atoms with Gasteiger partial charge in [-0.1, -0.05) is 24.3 Å². The molecular weight excluding hydrogens is 272 g/mol. The second-order valence-electron chi connectivity index (χ2n) is 4.83. The Morgan fingerprint density at radius 1 is 1.14 bits per heavy atom. The van der Waals surface area contributed by atoms with Crippen LogP contribution in [0.15, 0.2) is 48.5 Å². The first kappa shape index (κ1) is 13.6. The fourth-order valence-corrected chi connectivity index (χ4v) is 2.39. The monoisotopic (exact) mass is 286 g/mol. The van der Waals surface area contributed by atoms with E-state index < -0.39 is 17.7 Å². The van der Waals surface area contributed by atoms with Crippen LogP contribution in [0.3, 0.4) is 0 Å². The molecule has 0 radical (unpaired) electrons. The largest absolute Gasteiger partial charge is 0.497 e. The average Bonchev–Trinajstić information content (AvgIpc) is 2.51. The maximum atomic E-state index is 12.3. The van der Waals surface area contributed by atoms with Gasteiger partial charge in [-0.25, -0.2) is 0 Å². The Morgan fingerprint density at radius 2 is 1.90 bits per heavy atom. The number of ether oxygens (including phenoxy) is 2. The first-order valence-corrected chi connectivity index (χ1v) is 6.43. The van der Waals surface area contributed by atoms with E-state index in [1.165, 1.54) is 13.2 Å². The van der Waals surface area contributed by atoms with Crippen LogP contribution in [0, 0.1) is 0 Å². The van der Waals surface area contributed by atoms with Gasteiger partial charge in [-0.05, 0) is 24.3 Å². The molecular formula is C16H14O5. The quantitative estimate of drug-likeness (QED) is 0.822. The summed E-state index contributed by atoms with van der Waals surface area (Å²) in [6, 6.07) is 13.1. The van der Waals surface area contributed by atoms with Crippen LogP contribution < -0.4 is 9.47 Å². The van der Waals surface area contributed by atoms with Crippen molar-refractivity contribution in [3.8, 4) is 11.5 Å². The number of para-hydroxylation sites is 1. The number of aliphatic hydroxyl groups is 2. The zero-order chi connectivity index (χ0) is 15.0. The summed E-state index contributed by atoms with van der Waals surface area (Å²) in [6.45, 7) is 0. The Kier molecular flexibility index (Phi) is 3.16. The summed E-state index contributed by atoms with van der Waals surface area (Å²) in [6.07, 6.45) is -1.21. The second-order valence-corrected chi connectivity index (χ2v) is 4.83. The van der Waals surface area contributed by atoms with Crippen LogP contribution in [0.1, 0.15) is 22.0 Å². The molecule has 21 heavy (non-hydrogen) atoms. The molecule has 108 valence electrons. The van der Waals surface area contributed by atoms with Crippen LogP contribution in [-0.2, 0) is 0 Å². The minimum absolute atomic E-state index is 0.154. The lowest BCUT2D eigenvalue weighted by Gasteiger charge is -2.35. The highest BCUT2D eigenvalue weighted by atomic mass is 16.6. The van der Waals surface area contributed by atoms with Crippen molar-refractivity contribution in [2.24, 2.45) is 0 Å². The zero-order valence-corrected chi connectivity index (χ0v) is 11.3. The molecule has 2 aromatic carbocycles. The summed E-state index contributed by atoms with van der Waals surface area (Å²) < 4.78 is 10.7. The number of hydrogen-bond donors (Lipinski definition) is 2. The van der Waals surface area contributed by atoms with E-state index in [0.29, 0.717) is 17.1 Å². The number of carbonyl (C=O) groups is 1. The highest BCUT2D eigenvalue weighted by Crippen LogP contribution is 2.40. The number of hydrogen-bond acceptors (Lipinski definition) is 5. The van der Waals surface area contributed by atoms with E-state index in [0.717, 1.165) is 0 Å². The van der Waals surface area contributed by atoms with Gasteiger partial charge in [-0.2, -0.15) is 0 Å². The van der Waals surface area contributed by atoms with Gasteiger partial charge in [-0.3, -0.25) is 4.79 Å². The van der Waals surface area contributed by atoms with Crippen molar-refractivity contribution in [2.45, 2.75) is 11.9 Å². The number of methoxy groups -OCH3 is 1. The van der Waals surface area contributed by atoms with Gasteiger partial charge >= 0.3 is 0 Å². The third kappa shape index (κ3) is 2.16. The maximum absolute atomic E-state index is 12.3. The third-order valence-electron chi connectivity index (χ3n) is 3.47. The van der Waals surface area contributed by atoms with Crippen molar-refractivity contribution in [1.82, 2.24) is 0 Å². The lowest BCUT2D eigenvalue weighted by atomic mass is 9.90. The van der Waals surface area contributed by atoms with Gasteiger partial charge in [0.1, 0.15) is 11.5 Å². The Bertz CT molecular complexity index is 693. The molecule has 0 spiro atoms. The molecule has 2 aromatic rings. The maximum Gasteiger partial charge on any atom is 0.271 e. The van der Waals surface area contributed by atoms with E-state index in [-0.39, 0.29) is 5.56 Å². The van der Waals surface area contributed by atoms with E-state index in [9.17, 15) is 15.0 Å². The molecule has 1 aliphatic heterocycles. The van der Waals surface area contributed by atoms with Crippen LogP contribution >= 0.6 is 0 Å². The van der Waals surface area contributed by atoms with Crippen molar-refractivity contribution in [3.05, 3.63) is 59.7 Å². The molecule has 0 bridgehead atoms. The summed E-state index contributed by atoms with van der Waals surface area (Å²) in [5.74, 6) is -2.54. The third-order valence-corrected chi connectivity index (χ3v) is 3.47. The number of Topliss-reactive ketones (excluding diaryl/α,β-unsaturated/α-hetero) is 1. The summed E-state index contributed by atoms with van der Waals surface area (Å²) in [4.78, 5) is 12.3. The van der Waals surface area contributed by atoms with Crippen molar-refractivity contribution in [2.75, 3.05) is 7.11 Å². The van der Waals surface area contributed by atoms with Gasteiger partial charge in [0.2, 0.25) is 5.78 Å². The molecule has 2 N–H and O–H groups in total. The average molecular weight is 286 g/mol. The van der Waals surface area contributed by atoms with Crippen LogP contribution in [0.5, 0.6) is 11.5 Å². The Hall–Kier alpha value is -2.37. The summed E-state index contributed by atoms with van der Waals surface area (Å²) >= 11 is 0. The highest BCUT2D eigenvalue weighted by molar-refractivity contribution is 6.04. The predicted molar refractivity (Wildman–Crippen MR) is 74.3 cm³/mol. The van der Waals surface area contributed by atoms with E-state index in [1.54, 1.807) is 42.5 Å². The van der Waals surface area contributed by atoms with Crippen molar-refractivity contribution >= 4 is 5.78 Å². The van der Waals surface area contributed by atoms with Crippen molar-refractivity contribution in [3.63, 3.8) is 0 Å². The smallest absolute Gasteiger partial charge is 0.271 e. The molecule has 5 heteroatoms. The molecule has 1 unspecified atom stereocenters. The normalized spacial score (nSPS) is 19.6. The lowest BCUT2D eigenvalue weighted by molar-refractivity contribution is -0.186. The Balaban J connectivity index is 2.09. The Morgan fingerprint density at radius 3 is 2.67 bits per heavy atom. The van der Waals surface area contributed by atoms with E-state index in [1.807, 2.05) is 0 Å². The van der Waals surface area contributed by atoms with Gasteiger partial charge in [0.05, 0.1) is 12.7 Å².